The topological polar surface area (TPSA) is 125 Å². The van der Waals surface area contributed by atoms with E-state index >= 15 is 0 Å². The highest BCUT2D eigenvalue weighted by Gasteiger charge is 2.83. The summed E-state index contributed by atoms with van der Waals surface area (Å²) in [6.07, 6.45) is -1.38. The van der Waals surface area contributed by atoms with Gasteiger partial charge in [-0.15, -0.1) is 0 Å². The van der Waals surface area contributed by atoms with Crippen LogP contribution in [0.2, 0.25) is 0 Å². The molecule has 9 nitrogen and oxygen atoms in total. The normalized spacial score (nSPS) is 40.6. The van der Waals surface area contributed by atoms with E-state index in [2.05, 4.69) is 0 Å². The molecule has 0 aromatic heterocycles. The van der Waals surface area contributed by atoms with Crippen molar-refractivity contribution in [1.29, 1.82) is 0 Å². The molecule has 6 rings (SSSR count). The molecule has 5 aliphatic rings. The lowest BCUT2D eigenvalue weighted by Gasteiger charge is -2.64. The fourth-order valence-corrected chi connectivity index (χ4v) is 8.54. The van der Waals surface area contributed by atoms with Crippen LogP contribution in [0.15, 0.2) is 41.5 Å². The zero-order chi connectivity index (χ0) is 28.8. The Kier molecular flexibility index (Phi) is 5.92. The summed E-state index contributed by atoms with van der Waals surface area (Å²) in [6, 6.07) is 8.49. The largest absolute Gasteiger partial charge is 0.455 e. The number of carbonyl (C=O) groups excluding carboxylic acids is 4. The van der Waals surface area contributed by atoms with Crippen molar-refractivity contribution < 1.29 is 43.2 Å². The number of Topliss-reactive ketones (excluding diaryl/α,β-unsaturated/α-hetero) is 1. The van der Waals surface area contributed by atoms with Crippen LogP contribution in [0, 0.1) is 22.7 Å². The minimum atomic E-state index is -1.68. The average molecular weight is 553 g/mol. The first-order valence-corrected chi connectivity index (χ1v) is 14.0. The van der Waals surface area contributed by atoms with Gasteiger partial charge < -0.3 is 24.1 Å². The molecular formula is C31H36O9. The van der Waals surface area contributed by atoms with Crippen molar-refractivity contribution in [2.45, 2.75) is 89.8 Å². The van der Waals surface area contributed by atoms with Crippen LogP contribution < -0.4 is 0 Å². The first-order chi connectivity index (χ1) is 18.8. The molecule has 4 aliphatic carbocycles. The van der Waals surface area contributed by atoms with Crippen LogP contribution in [-0.2, 0) is 33.3 Å². The Bertz CT molecular complexity index is 1330. The predicted octanol–water partition coefficient (Wildman–Crippen LogP) is 3.32. The number of rotatable bonds is 4. The molecule has 1 N–H and O–H groups in total. The molecule has 214 valence electrons. The van der Waals surface area contributed by atoms with E-state index in [-0.39, 0.29) is 24.7 Å². The molecule has 1 spiro atoms. The third-order valence-electron chi connectivity index (χ3n) is 10.5. The van der Waals surface area contributed by atoms with Crippen LogP contribution in [0.5, 0.6) is 0 Å². The fraction of sp³-hybridized carbons (Fsp3) is 0.613. The Hall–Kier alpha value is -3.04. The molecule has 3 saturated carbocycles. The van der Waals surface area contributed by atoms with Gasteiger partial charge in [0.05, 0.1) is 18.1 Å². The van der Waals surface area contributed by atoms with E-state index in [9.17, 15) is 24.3 Å². The van der Waals surface area contributed by atoms with Crippen LogP contribution in [0.4, 0.5) is 0 Å². The molecular weight excluding hydrogens is 516 g/mol. The van der Waals surface area contributed by atoms with E-state index in [0.717, 1.165) is 5.57 Å². The average Bonchev–Trinajstić information content (AvgIpc) is 3.61. The minimum absolute atomic E-state index is 0.0134. The van der Waals surface area contributed by atoms with E-state index in [1.54, 1.807) is 44.2 Å². The highest BCUT2D eigenvalue weighted by atomic mass is 16.6. The number of ketones is 1. The molecule has 1 saturated heterocycles. The van der Waals surface area contributed by atoms with Crippen LogP contribution in [0.25, 0.3) is 0 Å². The number of aliphatic hydroxyl groups is 1. The second-order valence-corrected chi connectivity index (χ2v) is 12.8. The van der Waals surface area contributed by atoms with E-state index < -0.39 is 64.2 Å². The van der Waals surface area contributed by atoms with Crippen LogP contribution in [0.3, 0.4) is 0 Å². The lowest BCUT2D eigenvalue weighted by atomic mass is 9.49. The summed E-state index contributed by atoms with van der Waals surface area (Å²) in [7, 11) is 0. The van der Waals surface area contributed by atoms with E-state index in [1.165, 1.54) is 13.8 Å². The quantitative estimate of drug-likeness (QED) is 0.340. The molecule has 0 radical (unpaired) electrons. The Morgan fingerprint density at radius 1 is 1.05 bits per heavy atom. The summed E-state index contributed by atoms with van der Waals surface area (Å²) in [5, 5.41) is 12.9. The fourth-order valence-electron chi connectivity index (χ4n) is 8.54. The lowest BCUT2D eigenvalue weighted by molar-refractivity contribution is -0.322. The predicted molar refractivity (Wildman–Crippen MR) is 140 cm³/mol. The highest BCUT2D eigenvalue weighted by Crippen LogP contribution is 2.74. The van der Waals surface area contributed by atoms with E-state index in [0.29, 0.717) is 30.4 Å². The van der Waals surface area contributed by atoms with Gasteiger partial charge in [-0.1, -0.05) is 37.6 Å². The van der Waals surface area contributed by atoms with Gasteiger partial charge in [0.1, 0.15) is 17.8 Å². The minimum Gasteiger partial charge on any atom is -0.455 e. The molecule has 1 aliphatic heterocycles. The van der Waals surface area contributed by atoms with Gasteiger partial charge >= 0.3 is 17.9 Å². The molecule has 1 heterocycles. The number of carbonyl (C=O) groups is 4. The molecule has 1 aromatic rings. The van der Waals surface area contributed by atoms with Gasteiger partial charge in [0.15, 0.2) is 17.5 Å². The zero-order valence-corrected chi connectivity index (χ0v) is 23.5. The van der Waals surface area contributed by atoms with Gasteiger partial charge in [0.25, 0.3) is 0 Å². The van der Waals surface area contributed by atoms with Crippen molar-refractivity contribution in [3.8, 4) is 0 Å². The highest BCUT2D eigenvalue weighted by molar-refractivity contribution is 5.97. The van der Waals surface area contributed by atoms with Gasteiger partial charge in [-0.05, 0) is 56.2 Å². The lowest BCUT2D eigenvalue weighted by Crippen LogP contribution is -2.77. The third kappa shape index (κ3) is 3.46. The second-order valence-electron chi connectivity index (χ2n) is 12.8. The van der Waals surface area contributed by atoms with Crippen molar-refractivity contribution in [1.82, 2.24) is 0 Å². The van der Waals surface area contributed by atoms with Gasteiger partial charge in [-0.25, -0.2) is 4.79 Å². The Balaban J connectivity index is 1.60. The van der Waals surface area contributed by atoms with Gasteiger partial charge in [0, 0.05) is 24.7 Å². The number of benzene rings is 1. The molecule has 0 unspecified atom stereocenters. The van der Waals surface area contributed by atoms with E-state index in [4.69, 9.17) is 18.9 Å². The molecule has 1 aromatic carbocycles. The van der Waals surface area contributed by atoms with Gasteiger partial charge in [-0.2, -0.15) is 0 Å². The molecule has 4 fully saturated rings. The van der Waals surface area contributed by atoms with Gasteiger partial charge in [-0.3, -0.25) is 14.4 Å². The molecule has 0 amide bonds. The smallest absolute Gasteiger partial charge is 0.338 e. The number of esters is 3. The Morgan fingerprint density at radius 2 is 1.75 bits per heavy atom. The summed E-state index contributed by atoms with van der Waals surface area (Å²) in [6.45, 7) is 8.08. The maximum absolute atomic E-state index is 14.8. The van der Waals surface area contributed by atoms with Crippen molar-refractivity contribution in [3.05, 3.63) is 47.0 Å². The summed E-state index contributed by atoms with van der Waals surface area (Å²) in [4.78, 5) is 53.3. The maximum atomic E-state index is 14.8. The number of hydrogen-bond acceptors (Lipinski definition) is 9. The third-order valence-corrected chi connectivity index (χ3v) is 10.5. The Morgan fingerprint density at radius 3 is 2.35 bits per heavy atom. The SMILES string of the molecule is CC(=O)O[C@H]1C(=O)[C@]23C[C@H]2C[C@H]2OC[C@@]2(OC(C)=O)[C@H]3[C@H](OC(=O)c2ccccc2)[C@]2(O)CCC(C)=C1C2(C)C. The van der Waals surface area contributed by atoms with Crippen LogP contribution in [-0.4, -0.2) is 64.9 Å². The first kappa shape index (κ1) is 27.1. The number of allylic oxidation sites excluding steroid dienone is 1. The monoisotopic (exact) mass is 552 g/mol. The van der Waals surface area contributed by atoms with Crippen LogP contribution in [0.1, 0.15) is 70.7 Å². The maximum Gasteiger partial charge on any atom is 0.338 e. The molecule has 40 heavy (non-hydrogen) atoms. The standard InChI is InChI=1S/C31H36O9/c1-16-11-12-31(36)26(39-27(35)19-9-7-6-8-10-19)24-29(25(34)23(38-17(2)32)22(16)28(31,4)5)14-20(29)13-21-30(24,15-37-21)40-18(3)33/h6-10,20-21,23-24,26,36H,11-15H2,1-5H3/t20-,21-,23-,24+,26+,29-,30+,31-/m1/s1. The summed E-state index contributed by atoms with van der Waals surface area (Å²) in [5.74, 6) is -3.14. The van der Waals surface area contributed by atoms with Gasteiger partial charge in [0.2, 0.25) is 0 Å². The van der Waals surface area contributed by atoms with Crippen molar-refractivity contribution in [3.63, 3.8) is 0 Å². The number of ether oxygens (including phenoxy) is 4. The Labute approximate surface area is 233 Å². The van der Waals surface area contributed by atoms with Crippen LogP contribution >= 0.6 is 0 Å². The molecule has 2 bridgehead atoms. The van der Waals surface area contributed by atoms with Crippen molar-refractivity contribution in [2.75, 3.05) is 6.61 Å². The molecule has 8 atom stereocenters. The first-order valence-electron chi connectivity index (χ1n) is 14.0. The van der Waals surface area contributed by atoms with E-state index in [1.807, 2.05) is 6.92 Å². The zero-order valence-electron chi connectivity index (χ0n) is 23.5. The summed E-state index contributed by atoms with van der Waals surface area (Å²) in [5.41, 5.74) is -3.52. The summed E-state index contributed by atoms with van der Waals surface area (Å²) < 4.78 is 24.1. The number of fused-ring (bicyclic) bond motifs is 4. The van der Waals surface area contributed by atoms with Crippen molar-refractivity contribution in [2.24, 2.45) is 22.7 Å². The second kappa shape index (κ2) is 8.73. The van der Waals surface area contributed by atoms with Crippen molar-refractivity contribution >= 4 is 23.7 Å². The summed E-state index contributed by atoms with van der Waals surface area (Å²) >= 11 is 0. The number of hydrogen-bond donors (Lipinski definition) is 1. The molecule has 9 heteroatoms.